The molecular weight excluding hydrogens is 521 g/mol. The zero-order valence-electron chi connectivity index (χ0n) is 20.5. The molecule has 198 valence electrons. The van der Waals surface area contributed by atoms with Crippen molar-refractivity contribution in [3.8, 4) is 0 Å². The van der Waals surface area contributed by atoms with Gasteiger partial charge in [0.25, 0.3) is 5.91 Å². The molecule has 3 unspecified atom stereocenters. The van der Waals surface area contributed by atoms with Crippen LogP contribution in [0.2, 0.25) is 0 Å². The highest BCUT2D eigenvalue weighted by molar-refractivity contribution is 7.13. The summed E-state index contributed by atoms with van der Waals surface area (Å²) >= 11 is 1.33. The van der Waals surface area contributed by atoms with Crippen LogP contribution in [0.5, 0.6) is 0 Å². The maximum atomic E-state index is 13.7. The second-order valence-corrected chi connectivity index (χ2v) is 10.8. The van der Waals surface area contributed by atoms with Gasteiger partial charge in [-0.1, -0.05) is 0 Å². The van der Waals surface area contributed by atoms with Gasteiger partial charge in [0.2, 0.25) is 5.78 Å². The van der Waals surface area contributed by atoms with Gasteiger partial charge in [-0.25, -0.2) is 9.37 Å². The van der Waals surface area contributed by atoms with Crippen LogP contribution in [0, 0.1) is 11.7 Å². The monoisotopic (exact) mass is 549 g/mol. The SMILES string of the molecule is COC(=O)C1CCC(N)(C(=O)c2cc3cc(F)ccc3[nH]2)C(NC(=O)c2nc3c(s2)CN(C)CC3)C1.Cl. The Morgan fingerprint density at radius 2 is 2.11 bits per heavy atom. The second-order valence-electron chi connectivity index (χ2n) is 9.68. The van der Waals surface area contributed by atoms with Crippen molar-refractivity contribution in [1.29, 1.82) is 0 Å². The molecule has 0 radical (unpaired) electrons. The van der Waals surface area contributed by atoms with Gasteiger partial charge >= 0.3 is 5.97 Å². The molecule has 0 saturated heterocycles. The summed E-state index contributed by atoms with van der Waals surface area (Å²) in [5, 5.41) is 3.77. The summed E-state index contributed by atoms with van der Waals surface area (Å²) in [6, 6.07) is 4.93. The fourth-order valence-electron chi connectivity index (χ4n) is 5.16. The Morgan fingerprint density at radius 3 is 2.86 bits per heavy atom. The molecule has 12 heteroatoms. The number of H-pyrrole nitrogens is 1. The average Bonchev–Trinajstić information content (AvgIpc) is 3.47. The third-order valence-corrected chi connectivity index (χ3v) is 8.34. The van der Waals surface area contributed by atoms with E-state index in [0.717, 1.165) is 30.1 Å². The number of fused-ring (bicyclic) bond motifs is 2. The quantitative estimate of drug-likeness (QED) is 0.329. The Labute approximate surface area is 223 Å². The Balaban J connectivity index is 0.00000320. The molecule has 0 bridgehead atoms. The van der Waals surface area contributed by atoms with Crippen molar-refractivity contribution in [3.63, 3.8) is 0 Å². The molecule has 1 fully saturated rings. The summed E-state index contributed by atoms with van der Waals surface area (Å²) in [7, 11) is 3.33. The largest absolute Gasteiger partial charge is 0.469 e. The first-order chi connectivity index (χ1) is 17.2. The van der Waals surface area contributed by atoms with Crippen LogP contribution in [-0.2, 0) is 22.5 Å². The van der Waals surface area contributed by atoms with E-state index in [1.54, 1.807) is 12.1 Å². The summed E-state index contributed by atoms with van der Waals surface area (Å²) < 4.78 is 18.6. The number of carbonyl (C=O) groups is 3. The zero-order valence-corrected chi connectivity index (χ0v) is 22.1. The first kappa shape index (κ1) is 27.2. The molecule has 0 spiro atoms. The van der Waals surface area contributed by atoms with E-state index >= 15 is 0 Å². The zero-order chi connectivity index (χ0) is 25.6. The number of hydrogen-bond acceptors (Lipinski definition) is 8. The van der Waals surface area contributed by atoms with Crippen molar-refractivity contribution in [2.75, 3.05) is 20.7 Å². The van der Waals surface area contributed by atoms with Gasteiger partial charge in [0.15, 0.2) is 5.01 Å². The van der Waals surface area contributed by atoms with Crippen LogP contribution in [0.15, 0.2) is 24.3 Å². The van der Waals surface area contributed by atoms with Crippen LogP contribution in [-0.4, -0.2) is 64.8 Å². The molecule has 37 heavy (non-hydrogen) atoms. The van der Waals surface area contributed by atoms with Crippen molar-refractivity contribution < 1.29 is 23.5 Å². The lowest BCUT2D eigenvalue weighted by molar-refractivity contribution is -0.147. The highest BCUT2D eigenvalue weighted by Crippen LogP contribution is 2.35. The normalized spacial score (nSPS) is 23.7. The Hall–Kier alpha value is -2.86. The van der Waals surface area contributed by atoms with E-state index in [0.29, 0.717) is 22.3 Å². The van der Waals surface area contributed by atoms with Crippen LogP contribution >= 0.6 is 23.7 Å². The fourth-order valence-corrected chi connectivity index (χ4v) is 6.25. The number of carbonyl (C=O) groups excluding carboxylic acids is 3. The van der Waals surface area contributed by atoms with Crippen molar-refractivity contribution >= 4 is 52.3 Å². The Morgan fingerprint density at radius 1 is 1.32 bits per heavy atom. The van der Waals surface area contributed by atoms with Crippen molar-refractivity contribution in [3.05, 3.63) is 51.4 Å². The molecule has 1 aliphatic carbocycles. The number of ketones is 1. The van der Waals surface area contributed by atoms with E-state index in [4.69, 9.17) is 10.5 Å². The van der Waals surface area contributed by atoms with Crippen LogP contribution in [0.4, 0.5) is 4.39 Å². The number of ether oxygens (including phenoxy) is 1. The molecule has 5 rings (SSSR count). The van der Waals surface area contributed by atoms with Crippen molar-refractivity contribution in [2.45, 2.75) is 43.8 Å². The number of halogens is 2. The summed E-state index contributed by atoms with van der Waals surface area (Å²) in [6.45, 7) is 1.60. The molecule has 1 amide bonds. The summed E-state index contributed by atoms with van der Waals surface area (Å²) in [4.78, 5) is 50.1. The number of Topliss-reactive ketones (excluding diaryl/α,β-unsaturated/α-hetero) is 1. The molecule has 2 aromatic heterocycles. The van der Waals surface area contributed by atoms with E-state index < -0.39 is 41.0 Å². The number of likely N-dealkylation sites (N-methyl/N-ethyl adjacent to an activating group) is 1. The molecular formula is C25H29ClFN5O4S. The summed E-state index contributed by atoms with van der Waals surface area (Å²) in [5.41, 5.74) is 7.01. The lowest BCUT2D eigenvalue weighted by Gasteiger charge is -2.42. The number of amides is 1. The lowest BCUT2D eigenvalue weighted by atomic mass is 9.70. The number of rotatable bonds is 5. The standard InChI is InChI=1S/C25H28FN5O4S.ClH/c1-31-8-6-17-19(12-31)36-23(29-17)22(33)30-20-11-13(24(34)35-2)5-7-25(20,27)21(32)18-10-14-9-15(26)3-4-16(14)28-18;/h3-4,9-10,13,20,28H,5-8,11-12,27H2,1-2H3,(H,30,33);1H. The number of hydrogen-bond donors (Lipinski definition) is 3. The van der Waals surface area contributed by atoms with Gasteiger partial charge in [-0.15, -0.1) is 23.7 Å². The van der Waals surface area contributed by atoms with Crippen LogP contribution in [0.3, 0.4) is 0 Å². The number of nitrogens with zero attached hydrogens (tertiary/aromatic N) is 2. The molecule has 1 aliphatic heterocycles. The minimum absolute atomic E-state index is 0. The number of nitrogens with one attached hydrogen (secondary N) is 2. The maximum Gasteiger partial charge on any atom is 0.308 e. The molecule has 9 nitrogen and oxygen atoms in total. The minimum atomic E-state index is -1.48. The number of benzene rings is 1. The second kappa shape index (κ2) is 10.5. The Kier molecular flexibility index (Phi) is 7.70. The first-order valence-corrected chi connectivity index (χ1v) is 12.7. The number of methoxy groups -OCH3 is 1. The molecule has 3 atom stereocenters. The minimum Gasteiger partial charge on any atom is -0.469 e. The predicted octanol–water partition coefficient (Wildman–Crippen LogP) is 2.83. The lowest BCUT2D eigenvalue weighted by Crippen LogP contribution is -2.66. The number of aromatic nitrogens is 2. The number of thiazole rings is 1. The maximum absolute atomic E-state index is 13.7. The van der Waals surface area contributed by atoms with E-state index in [1.165, 1.54) is 30.6 Å². The molecule has 3 aromatic rings. The average molecular weight is 550 g/mol. The number of nitrogens with two attached hydrogens (primary N) is 1. The van der Waals surface area contributed by atoms with E-state index in [1.807, 2.05) is 7.05 Å². The van der Waals surface area contributed by atoms with Crippen LogP contribution in [0.25, 0.3) is 10.9 Å². The molecule has 2 aliphatic rings. The number of esters is 1. The predicted molar refractivity (Wildman–Crippen MR) is 140 cm³/mol. The van der Waals surface area contributed by atoms with E-state index in [-0.39, 0.29) is 30.9 Å². The van der Waals surface area contributed by atoms with Gasteiger partial charge in [-0.05, 0) is 50.6 Å². The first-order valence-electron chi connectivity index (χ1n) is 11.9. The molecule has 3 heterocycles. The van der Waals surface area contributed by atoms with Crippen molar-refractivity contribution in [1.82, 2.24) is 20.2 Å². The van der Waals surface area contributed by atoms with Gasteiger partial charge in [0.05, 0.1) is 30.5 Å². The van der Waals surface area contributed by atoms with Gasteiger partial charge < -0.3 is 25.7 Å². The Bertz CT molecular complexity index is 1360. The third-order valence-electron chi connectivity index (χ3n) is 7.25. The molecule has 1 saturated carbocycles. The summed E-state index contributed by atoms with van der Waals surface area (Å²) in [6.07, 6.45) is 1.43. The highest BCUT2D eigenvalue weighted by Gasteiger charge is 2.49. The fraction of sp³-hybridized carbons (Fsp3) is 0.440. The van der Waals surface area contributed by atoms with Gasteiger partial charge in [0.1, 0.15) is 11.4 Å². The van der Waals surface area contributed by atoms with Crippen molar-refractivity contribution in [2.24, 2.45) is 11.7 Å². The topological polar surface area (TPSA) is 130 Å². The molecule has 4 N–H and O–H groups in total. The van der Waals surface area contributed by atoms with Gasteiger partial charge in [0, 0.05) is 35.3 Å². The smallest absolute Gasteiger partial charge is 0.308 e. The van der Waals surface area contributed by atoms with Gasteiger partial charge in [-0.2, -0.15) is 0 Å². The third kappa shape index (κ3) is 5.13. The van der Waals surface area contributed by atoms with E-state index in [2.05, 4.69) is 20.2 Å². The van der Waals surface area contributed by atoms with Crippen LogP contribution in [0.1, 0.15) is 50.1 Å². The number of aromatic amines is 1. The summed E-state index contributed by atoms with van der Waals surface area (Å²) in [5.74, 6) is -2.15. The highest BCUT2D eigenvalue weighted by atomic mass is 35.5. The van der Waals surface area contributed by atoms with Crippen LogP contribution < -0.4 is 11.1 Å². The van der Waals surface area contributed by atoms with E-state index in [9.17, 15) is 18.8 Å². The molecule has 1 aromatic carbocycles. The van der Waals surface area contributed by atoms with Gasteiger partial charge in [-0.3, -0.25) is 14.4 Å².